The van der Waals surface area contributed by atoms with Crippen molar-refractivity contribution in [3.63, 3.8) is 0 Å². The third-order valence-corrected chi connectivity index (χ3v) is 4.11. The number of rotatable bonds is 3. The van der Waals surface area contributed by atoms with Crippen LogP contribution in [0.1, 0.15) is 23.7 Å². The highest BCUT2D eigenvalue weighted by Crippen LogP contribution is 2.35. The zero-order valence-corrected chi connectivity index (χ0v) is 13.2. The molecule has 3 heteroatoms. The Morgan fingerprint density at radius 1 is 0.792 bits per heavy atom. The summed E-state index contributed by atoms with van der Waals surface area (Å²) in [4.78, 5) is 0. The molecule has 24 heavy (non-hydrogen) atoms. The Labute approximate surface area is 141 Å². The van der Waals surface area contributed by atoms with Crippen molar-refractivity contribution in [1.29, 1.82) is 0 Å². The van der Waals surface area contributed by atoms with Gasteiger partial charge in [-0.3, -0.25) is 5.43 Å². The lowest BCUT2D eigenvalue weighted by atomic mass is 9.96. The molecule has 3 aromatic rings. The third kappa shape index (κ3) is 3.01. The summed E-state index contributed by atoms with van der Waals surface area (Å²) in [5.41, 5.74) is 7.36. The molecule has 118 valence electrons. The van der Waals surface area contributed by atoms with Gasteiger partial charge in [0.15, 0.2) is 0 Å². The molecule has 1 aliphatic heterocycles. The van der Waals surface area contributed by atoms with E-state index in [0.29, 0.717) is 0 Å². The molecule has 0 aliphatic carbocycles. The van der Waals surface area contributed by atoms with Gasteiger partial charge in [-0.2, -0.15) is 5.10 Å². The van der Waals surface area contributed by atoms with E-state index in [9.17, 15) is 0 Å². The van der Waals surface area contributed by atoms with Crippen molar-refractivity contribution in [1.82, 2.24) is 0 Å². The van der Waals surface area contributed by atoms with Crippen LogP contribution in [0.4, 0.5) is 5.69 Å². The Hall–Kier alpha value is -3.07. The Balaban J connectivity index is 1.67. The SMILES string of the molecule is c1ccc(N/N=C2/CC(c3ccccc3)Oc3ccccc32)cc1. The number of hydrogen-bond acceptors (Lipinski definition) is 3. The smallest absolute Gasteiger partial charge is 0.129 e. The number of fused-ring (bicyclic) bond motifs is 1. The summed E-state index contributed by atoms with van der Waals surface area (Å²) in [6, 6.07) is 28.4. The largest absolute Gasteiger partial charge is 0.485 e. The molecule has 3 aromatic carbocycles. The van der Waals surface area contributed by atoms with Crippen LogP contribution in [-0.2, 0) is 0 Å². The van der Waals surface area contributed by atoms with E-state index in [-0.39, 0.29) is 6.10 Å². The van der Waals surface area contributed by atoms with Crippen molar-refractivity contribution < 1.29 is 4.74 Å². The fraction of sp³-hybridized carbons (Fsp3) is 0.0952. The van der Waals surface area contributed by atoms with Crippen LogP contribution in [0.3, 0.4) is 0 Å². The molecule has 0 saturated carbocycles. The van der Waals surface area contributed by atoms with E-state index in [1.54, 1.807) is 0 Å². The molecule has 1 atom stereocenters. The second-order valence-electron chi connectivity index (χ2n) is 5.75. The molecule has 1 N–H and O–H groups in total. The molecule has 0 radical (unpaired) electrons. The maximum Gasteiger partial charge on any atom is 0.129 e. The first-order valence-corrected chi connectivity index (χ1v) is 8.09. The summed E-state index contributed by atoms with van der Waals surface area (Å²) in [5.74, 6) is 0.881. The van der Waals surface area contributed by atoms with Gasteiger partial charge in [0, 0.05) is 12.0 Å². The zero-order chi connectivity index (χ0) is 16.2. The van der Waals surface area contributed by atoms with Gasteiger partial charge in [-0.05, 0) is 29.8 Å². The van der Waals surface area contributed by atoms with Gasteiger partial charge < -0.3 is 4.74 Å². The third-order valence-electron chi connectivity index (χ3n) is 4.11. The van der Waals surface area contributed by atoms with Crippen LogP contribution in [-0.4, -0.2) is 5.71 Å². The van der Waals surface area contributed by atoms with Gasteiger partial charge in [0.2, 0.25) is 0 Å². The second-order valence-corrected chi connectivity index (χ2v) is 5.75. The van der Waals surface area contributed by atoms with E-state index in [1.165, 1.54) is 5.56 Å². The summed E-state index contributed by atoms with van der Waals surface area (Å²) in [6.07, 6.45) is 0.721. The van der Waals surface area contributed by atoms with E-state index in [2.05, 4.69) is 28.7 Å². The fourth-order valence-corrected chi connectivity index (χ4v) is 2.89. The molecule has 0 aromatic heterocycles. The van der Waals surface area contributed by atoms with Gasteiger partial charge in [-0.1, -0.05) is 60.7 Å². The van der Waals surface area contributed by atoms with Crippen molar-refractivity contribution >= 4 is 11.4 Å². The molecular weight excluding hydrogens is 296 g/mol. The number of hydrazone groups is 1. The van der Waals surface area contributed by atoms with Crippen molar-refractivity contribution in [2.75, 3.05) is 5.43 Å². The first kappa shape index (κ1) is 14.5. The highest BCUT2D eigenvalue weighted by Gasteiger charge is 2.25. The maximum absolute atomic E-state index is 6.19. The molecule has 1 unspecified atom stereocenters. The van der Waals surface area contributed by atoms with E-state index in [0.717, 1.165) is 29.1 Å². The Morgan fingerprint density at radius 3 is 2.25 bits per heavy atom. The average Bonchev–Trinajstić information content (AvgIpc) is 2.67. The van der Waals surface area contributed by atoms with E-state index in [4.69, 9.17) is 4.74 Å². The number of hydrogen-bond donors (Lipinski definition) is 1. The minimum absolute atomic E-state index is 0.0163. The highest BCUT2D eigenvalue weighted by atomic mass is 16.5. The highest BCUT2D eigenvalue weighted by molar-refractivity contribution is 6.04. The molecule has 4 rings (SSSR count). The standard InChI is InChI=1S/C21H18N2O/c1-3-9-16(10-4-1)21-15-19(18-13-7-8-14-20(18)24-21)23-22-17-11-5-2-6-12-17/h1-14,21-22H,15H2/b23-19-. The fourth-order valence-electron chi connectivity index (χ4n) is 2.89. The Bertz CT molecular complexity index is 844. The lowest BCUT2D eigenvalue weighted by molar-refractivity contribution is 0.206. The van der Waals surface area contributed by atoms with Crippen LogP contribution in [0.5, 0.6) is 5.75 Å². The normalized spacial score (nSPS) is 17.8. The maximum atomic E-state index is 6.19. The number of para-hydroxylation sites is 2. The molecular formula is C21H18N2O. The lowest BCUT2D eigenvalue weighted by Gasteiger charge is -2.27. The second kappa shape index (κ2) is 6.59. The van der Waals surface area contributed by atoms with Crippen molar-refractivity contribution in [3.8, 4) is 5.75 Å². The number of ether oxygens (including phenoxy) is 1. The van der Waals surface area contributed by atoms with Crippen LogP contribution in [0.25, 0.3) is 0 Å². The number of anilines is 1. The number of benzene rings is 3. The molecule has 0 saturated heterocycles. The molecule has 1 aliphatic rings. The van der Waals surface area contributed by atoms with Crippen molar-refractivity contribution in [3.05, 3.63) is 96.1 Å². The van der Waals surface area contributed by atoms with Crippen LogP contribution in [0.15, 0.2) is 90.0 Å². The lowest BCUT2D eigenvalue weighted by Crippen LogP contribution is -2.21. The van der Waals surface area contributed by atoms with E-state index >= 15 is 0 Å². The van der Waals surface area contributed by atoms with Crippen LogP contribution < -0.4 is 10.2 Å². The van der Waals surface area contributed by atoms with E-state index < -0.39 is 0 Å². The van der Waals surface area contributed by atoms with Crippen LogP contribution >= 0.6 is 0 Å². The first-order chi connectivity index (χ1) is 11.9. The van der Waals surface area contributed by atoms with Gasteiger partial charge in [0.25, 0.3) is 0 Å². The molecule has 0 fully saturated rings. The van der Waals surface area contributed by atoms with Gasteiger partial charge in [-0.25, -0.2) is 0 Å². The van der Waals surface area contributed by atoms with Crippen molar-refractivity contribution in [2.45, 2.75) is 12.5 Å². The molecule has 1 heterocycles. The summed E-state index contributed by atoms with van der Waals surface area (Å²) < 4.78 is 6.19. The van der Waals surface area contributed by atoms with Gasteiger partial charge >= 0.3 is 0 Å². The predicted octanol–water partition coefficient (Wildman–Crippen LogP) is 5.03. The van der Waals surface area contributed by atoms with Crippen molar-refractivity contribution in [2.24, 2.45) is 5.10 Å². The minimum atomic E-state index is -0.0163. The summed E-state index contributed by atoms with van der Waals surface area (Å²) in [7, 11) is 0. The van der Waals surface area contributed by atoms with Crippen LogP contribution in [0.2, 0.25) is 0 Å². The van der Waals surface area contributed by atoms with Gasteiger partial charge in [-0.15, -0.1) is 0 Å². The molecule has 3 nitrogen and oxygen atoms in total. The average molecular weight is 314 g/mol. The van der Waals surface area contributed by atoms with E-state index in [1.807, 2.05) is 66.7 Å². The minimum Gasteiger partial charge on any atom is -0.485 e. The number of nitrogens with zero attached hydrogens (tertiary/aromatic N) is 1. The topological polar surface area (TPSA) is 33.6 Å². The molecule has 0 bridgehead atoms. The van der Waals surface area contributed by atoms with Gasteiger partial charge in [0.05, 0.1) is 11.4 Å². The summed E-state index contributed by atoms with van der Waals surface area (Å²) in [5, 5.41) is 4.66. The quantitative estimate of drug-likeness (QED) is 0.688. The monoisotopic (exact) mass is 314 g/mol. The summed E-state index contributed by atoms with van der Waals surface area (Å²) >= 11 is 0. The molecule has 0 amide bonds. The first-order valence-electron chi connectivity index (χ1n) is 8.09. The Morgan fingerprint density at radius 2 is 1.46 bits per heavy atom. The Kier molecular flexibility index (Phi) is 3.98. The zero-order valence-electron chi connectivity index (χ0n) is 13.2. The predicted molar refractivity (Wildman–Crippen MR) is 97.5 cm³/mol. The summed E-state index contributed by atoms with van der Waals surface area (Å²) in [6.45, 7) is 0. The van der Waals surface area contributed by atoms with Crippen LogP contribution in [0, 0.1) is 0 Å². The molecule has 0 spiro atoms. The number of nitrogens with one attached hydrogen (secondary N) is 1. The van der Waals surface area contributed by atoms with Gasteiger partial charge in [0.1, 0.15) is 11.9 Å².